The Morgan fingerprint density at radius 1 is 1.29 bits per heavy atom. The van der Waals surface area contributed by atoms with Crippen LogP contribution >= 0.6 is 11.3 Å². The zero-order valence-corrected chi connectivity index (χ0v) is 16.7. The smallest absolute Gasteiger partial charge is 0.306 e. The van der Waals surface area contributed by atoms with E-state index in [0.29, 0.717) is 23.9 Å². The highest BCUT2D eigenvalue weighted by Gasteiger charge is 2.14. The number of rotatable bonds is 8. The minimum absolute atomic E-state index is 0.150. The number of aryl methyl sites for hydroxylation is 2. The number of nitrogens with zero attached hydrogens (tertiary/aromatic N) is 2. The van der Waals surface area contributed by atoms with Crippen molar-refractivity contribution < 1.29 is 23.6 Å². The molecule has 3 rings (SSSR count). The summed E-state index contributed by atoms with van der Waals surface area (Å²) in [6, 6.07) is 5.54. The largest absolute Gasteiger partial charge is 0.494 e. The molecule has 0 aliphatic carbocycles. The molecule has 0 saturated carbocycles. The van der Waals surface area contributed by atoms with Crippen LogP contribution in [-0.4, -0.2) is 35.2 Å². The summed E-state index contributed by atoms with van der Waals surface area (Å²) in [5.74, 6) is 0.547. The van der Waals surface area contributed by atoms with Crippen molar-refractivity contribution in [2.24, 2.45) is 0 Å². The molecule has 9 heteroatoms. The van der Waals surface area contributed by atoms with Gasteiger partial charge in [0.1, 0.15) is 11.5 Å². The lowest BCUT2D eigenvalue weighted by Gasteiger charge is -2.04. The molecule has 0 unspecified atom stereocenters. The van der Waals surface area contributed by atoms with Gasteiger partial charge in [-0.05, 0) is 45.4 Å². The van der Waals surface area contributed by atoms with Crippen LogP contribution in [-0.2, 0) is 20.7 Å². The fourth-order valence-electron chi connectivity index (χ4n) is 2.67. The number of hydrogen-bond acceptors (Lipinski definition) is 8. The van der Waals surface area contributed by atoms with Gasteiger partial charge in [-0.25, -0.2) is 4.98 Å². The summed E-state index contributed by atoms with van der Waals surface area (Å²) in [5.41, 5.74) is 2.41. The second-order valence-corrected chi connectivity index (χ2v) is 7.12. The first-order chi connectivity index (χ1) is 13.5. The van der Waals surface area contributed by atoms with E-state index in [4.69, 9.17) is 14.0 Å². The standard InChI is InChI=1S/C19H21N3O5S/c1-4-25-13-5-7-15-16(9-13)28-19(20-15)21-17(23)10-26-18(24)8-6-14-11(2)22-27-12(14)3/h5,7,9H,4,6,8,10H2,1-3H3,(H,20,21,23). The molecule has 0 aliphatic heterocycles. The van der Waals surface area contributed by atoms with E-state index in [1.165, 1.54) is 11.3 Å². The third-order valence-electron chi connectivity index (χ3n) is 4.04. The van der Waals surface area contributed by atoms with Gasteiger partial charge in [0.15, 0.2) is 11.7 Å². The van der Waals surface area contributed by atoms with Gasteiger partial charge >= 0.3 is 5.97 Å². The van der Waals surface area contributed by atoms with E-state index in [-0.39, 0.29) is 13.0 Å². The van der Waals surface area contributed by atoms with Gasteiger partial charge in [0, 0.05) is 12.0 Å². The zero-order chi connectivity index (χ0) is 20.1. The van der Waals surface area contributed by atoms with Crippen LogP contribution < -0.4 is 10.1 Å². The average Bonchev–Trinajstić information content (AvgIpc) is 3.20. The van der Waals surface area contributed by atoms with Crippen molar-refractivity contribution >= 4 is 38.6 Å². The van der Waals surface area contributed by atoms with E-state index in [1.54, 1.807) is 6.92 Å². The van der Waals surface area contributed by atoms with Crippen LogP contribution in [0.5, 0.6) is 5.75 Å². The number of nitrogens with one attached hydrogen (secondary N) is 1. The molecule has 3 aromatic rings. The Hall–Kier alpha value is -2.94. The molecule has 2 aromatic heterocycles. The highest BCUT2D eigenvalue weighted by Crippen LogP contribution is 2.29. The number of esters is 1. The summed E-state index contributed by atoms with van der Waals surface area (Å²) >= 11 is 1.33. The number of amides is 1. The third-order valence-corrected chi connectivity index (χ3v) is 4.98. The van der Waals surface area contributed by atoms with Crippen LogP contribution in [0.2, 0.25) is 0 Å². The van der Waals surface area contributed by atoms with E-state index in [2.05, 4.69) is 15.5 Å². The molecule has 0 atom stereocenters. The Bertz CT molecular complexity index is 975. The Morgan fingerprint density at radius 3 is 2.82 bits per heavy atom. The lowest BCUT2D eigenvalue weighted by molar-refractivity contribution is -0.147. The summed E-state index contributed by atoms with van der Waals surface area (Å²) < 4.78 is 16.5. The van der Waals surface area contributed by atoms with Crippen LogP contribution in [0.25, 0.3) is 10.2 Å². The Balaban J connectivity index is 1.48. The van der Waals surface area contributed by atoms with Crippen molar-refractivity contribution in [3.8, 4) is 5.75 Å². The highest BCUT2D eigenvalue weighted by molar-refractivity contribution is 7.22. The van der Waals surface area contributed by atoms with Crippen molar-refractivity contribution in [1.82, 2.24) is 10.1 Å². The normalized spacial score (nSPS) is 10.8. The molecule has 1 N–H and O–H groups in total. The molecule has 0 saturated heterocycles. The van der Waals surface area contributed by atoms with Gasteiger partial charge in [0.2, 0.25) is 0 Å². The molecule has 0 spiro atoms. The van der Waals surface area contributed by atoms with Crippen LogP contribution in [0.1, 0.15) is 30.4 Å². The molecule has 148 valence electrons. The van der Waals surface area contributed by atoms with E-state index in [0.717, 1.165) is 27.2 Å². The average molecular weight is 403 g/mol. The van der Waals surface area contributed by atoms with E-state index < -0.39 is 11.9 Å². The molecule has 0 fully saturated rings. The minimum Gasteiger partial charge on any atom is -0.494 e. The van der Waals surface area contributed by atoms with Crippen molar-refractivity contribution in [3.05, 3.63) is 35.2 Å². The van der Waals surface area contributed by atoms with E-state index in [9.17, 15) is 9.59 Å². The van der Waals surface area contributed by atoms with Gasteiger partial charge in [-0.2, -0.15) is 0 Å². The topological polar surface area (TPSA) is 104 Å². The quantitative estimate of drug-likeness (QED) is 0.575. The van der Waals surface area contributed by atoms with Crippen molar-refractivity contribution in [1.29, 1.82) is 0 Å². The minimum atomic E-state index is -0.458. The number of benzene rings is 1. The SMILES string of the molecule is CCOc1ccc2nc(NC(=O)COC(=O)CCc3c(C)noc3C)sc2c1. The van der Waals surface area contributed by atoms with Crippen molar-refractivity contribution in [2.45, 2.75) is 33.6 Å². The number of anilines is 1. The lowest BCUT2D eigenvalue weighted by atomic mass is 10.1. The molecular weight excluding hydrogens is 382 g/mol. The molecule has 1 aromatic carbocycles. The number of fused-ring (bicyclic) bond motifs is 1. The Labute approximate surface area is 165 Å². The van der Waals surface area contributed by atoms with Gasteiger partial charge in [-0.1, -0.05) is 16.5 Å². The molecule has 1 amide bonds. The highest BCUT2D eigenvalue weighted by atomic mass is 32.1. The summed E-state index contributed by atoms with van der Waals surface area (Å²) in [4.78, 5) is 28.3. The molecule has 8 nitrogen and oxygen atoms in total. The van der Waals surface area contributed by atoms with Crippen LogP contribution in [0.3, 0.4) is 0 Å². The van der Waals surface area contributed by atoms with E-state index >= 15 is 0 Å². The van der Waals surface area contributed by atoms with E-state index in [1.807, 2.05) is 32.0 Å². The molecule has 28 heavy (non-hydrogen) atoms. The number of hydrogen-bond donors (Lipinski definition) is 1. The second kappa shape index (κ2) is 8.83. The van der Waals surface area contributed by atoms with Gasteiger partial charge in [-0.3, -0.25) is 14.9 Å². The molecular formula is C19H21N3O5S. The Morgan fingerprint density at radius 2 is 2.11 bits per heavy atom. The first-order valence-corrected chi connectivity index (χ1v) is 9.68. The number of ether oxygens (including phenoxy) is 2. The fourth-order valence-corrected chi connectivity index (χ4v) is 3.58. The first-order valence-electron chi connectivity index (χ1n) is 8.87. The van der Waals surface area contributed by atoms with Crippen LogP contribution in [0.15, 0.2) is 22.7 Å². The number of carbonyl (C=O) groups is 2. The number of carbonyl (C=O) groups excluding carboxylic acids is 2. The maximum absolute atomic E-state index is 12.0. The molecule has 0 radical (unpaired) electrons. The monoisotopic (exact) mass is 403 g/mol. The van der Waals surface area contributed by atoms with Gasteiger partial charge in [0.25, 0.3) is 5.91 Å². The summed E-state index contributed by atoms with van der Waals surface area (Å²) in [6.45, 7) is 5.75. The second-order valence-electron chi connectivity index (χ2n) is 6.09. The zero-order valence-electron chi connectivity index (χ0n) is 15.9. The first kappa shape index (κ1) is 19.8. The molecule has 2 heterocycles. The van der Waals surface area contributed by atoms with Gasteiger partial charge in [0.05, 0.1) is 22.5 Å². The lowest BCUT2D eigenvalue weighted by Crippen LogP contribution is -2.21. The number of aromatic nitrogens is 2. The van der Waals surface area contributed by atoms with Crippen LogP contribution in [0, 0.1) is 13.8 Å². The third kappa shape index (κ3) is 4.86. The molecule has 0 bridgehead atoms. The van der Waals surface area contributed by atoms with Gasteiger partial charge < -0.3 is 14.0 Å². The summed E-state index contributed by atoms with van der Waals surface area (Å²) in [6.07, 6.45) is 0.610. The predicted octanol–water partition coefficient (Wildman–Crippen LogP) is 3.41. The number of thiazole rings is 1. The van der Waals surface area contributed by atoms with Gasteiger partial charge in [-0.15, -0.1) is 0 Å². The van der Waals surface area contributed by atoms with Crippen molar-refractivity contribution in [2.75, 3.05) is 18.5 Å². The van der Waals surface area contributed by atoms with Crippen LogP contribution in [0.4, 0.5) is 5.13 Å². The predicted molar refractivity (Wildman–Crippen MR) is 105 cm³/mol. The van der Waals surface area contributed by atoms with Crippen molar-refractivity contribution in [3.63, 3.8) is 0 Å². The summed E-state index contributed by atoms with van der Waals surface area (Å²) in [7, 11) is 0. The maximum atomic E-state index is 12.0. The fraction of sp³-hybridized carbons (Fsp3) is 0.368. The maximum Gasteiger partial charge on any atom is 0.306 e. The molecule has 0 aliphatic rings. The summed E-state index contributed by atoms with van der Waals surface area (Å²) in [5, 5.41) is 6.94. The Kier molecular flexibility index (Phi) is 6.25.